The summed E-state index contributed by atoms with van der Waals surface area (Å²) >= 11 is 5.65. The number of nitrogens with one attached hydrogen (secondary N) is 1. The zero-order valence-corrected chi connectivity index (χ0v) is 9.61. The van der Waals surface area contributed by atoms with Gasteiger partial charge in [-0.2, -0.15) is 0 Å². The fourth-order valence-electron chi connectivity index (χ4n) is 1.54. The van der Waals surface area contributed by atoms with E-state index in [4.69, 9.17) is 11.6 Å². The van der Waals surface area contributed by atoms with Crippen LogP contribution in [0.15, 0.2) is 18.2 Å². The predicted octanol–water partition coefficient (Wildman–Crippen LogP) is 1.99. The molecule has 0 aliphatic heterocycles. The minimum atomic E-state index is -0.972. The second kappa shape index (κ2) is 4.92. The molecular weight excluding hydrogens is 217 g/mol. The summed E-state index contributed by atoms with van der Waals surface area (Å²) in [6.07, 6.45) is 0.236. The maximum absolute atomic E-state index is 13.5. The van der Waals surface area contributed by atoms with Crippen molar-refractivity contribution in [2.24, 2.45) is 0 Å². The molecule has 0 saturated carbocycles. The lowest BCUT2D eigenvalue weighted by atomic mass is 9.96. The first-order valence-electron chi connectivity index (χ1n) is 4.76. The van der Waals surface area contributed by atoms with Gasteiger partial charge in [0.2, 0.25) is 0 Å². The second-order valence-corrected chi connectivity index (χ2v) is 4.32. The average Bonchev–Trinajstić information content (AvgIpc) is 2.12. The Kier molecular flexibility index (Phi) is 4.08. The predicted molar refractivity (Wildman–Crippen MR) is 59.7 cm³/mol. The minimum Gasteiger partial charge on any atom is -0.389 e. The van der Waals surface area contributed by atoms with Crippen molar-refractivity contribution in [2.75, 3.05) is 13.6 Å². The number of halogens is 2. The lowest BCUT2D eigenvalue weighted by molar-refractivity contribution is 0.0614. The smallest absolute Gasteiger partial charge is 0.145 e. The van der Waals surface area contributed by atoms with Crippen LogP contribution in [-0.2, 0) is 6.42 Å². The van der Waals surface area contributed by atoms with Crippen molar-refractivity contribution in [3.63, 3.8) is 0 Å². The summed E-state index contributed by atoms with van der Waals surface area (Å²) in [5, 5.41) is 12.9. The van der Waals surface area contributed by atoms with Gasteiger partial charge >= 0.3 is 0 Å². The summed E-state index contributed by atoms with van der Waals surface area (Å²) in [5.74, 6) is -0.449. The molecule has 0 fully saturated rings. The van der Waals surface area contributed by atoms with Crippen LogP contribution >= 0.6 is 11.6 Å². The lowest BCUT2D eigenvalue weighted by Gasteiger charge is -2.23. The van der Waals surface area contributed by atoms with Crippen molar-refractivity contribution >= 4 is 11.6 Å². The van der Waals surface area contributed by atoms with E-state index >= 15 is 0 Å². The van der Waals surface area contributed by atoms with Crippen LogP contribution < -0.4 is 5.32 Å². The Bertz CT molecular complexity index is 341. The van der Waals surface area contributed by atoms with E-state index in [0.717, 1.165) is 0 Å². The summed E-state index contributed by atoms with van der Waals surface area (Å²) in [6.45, 7) is 2.06. The first-order valence-corrected chi connectivity index (χ1v) is 5.14. The van der Waals surface area contributed by atoms with Crippen LogP contribution in [-0.4, -0.2) is 24.3 Å². The summed E-state index contributed by atoms with van der Waals surface area (Å²) in [4.78, 5) is 0. The van der Waals surface area contributed by atoms with E-state index in [9.17, 15) is 9.50 Å². The molecule has 0 heterocycles. The molecule has 4 heteroatoms. The van der Waals surface area contributed by atoms with Crippen LogP contribution in [0.3, 0.4) is 0 Å². The summed E-state index contributed by atoms with van der Waals surface area (Å²) in [7, 11) is 1.74. The van der Waals surface area contributed by atoms with E-state index in [1.165, 1.54) is 6.07 Å². The van der Waals surface area contributed by atoms with Crippen LogP contribution in [0, 0.1) is 5.82 Å². The zero-order chi connectivity index (χ0) is 11.5. The number of hydrogen-bond donors (Lipinski definition) is 2. The van der Waals surface area contributed by atoms with Crippen LogP contribution in [0.25, 0.3) is 0 Å². The molecule has 2 N–H and O–H groups in total. The highest BCUT2D eigenvalue weighted by Crippen LogP contribution is 2.21. The second-order valence-electron chi connectivity index (χ2n) is 3.92. The molecule has 1 aromatic carbocycles. The van der Waals surface area contributed by atoms with Gasteiger partial charge in [-0.15, -0.1) is 0 Å². The van der Waals surface area contributed by atoms with Gasteiger partial charge in [-0.3, -0.25) is 0 Å². The summed E-state index contributed by atoms with van der Waals surface area (Å²) in [5.41, 5.74) is -0.539. The quantitative estimate of drug-likeness (QED) is 0.831. The van der Waals surface area contributed by atoms with Gasteiger partial charge in [0.05, 0.1) is 10.6 Å². The number of rotatable bonds is 4. The maximum Gasteiger partial charge on any atom is 0.145 e. The third kappa shape index (κ3) is 3.45. The van der Waals surface area contributed by atoms with Gasteiger partial charge in [-0.25, -0.2) is 4.39 Å². The van der Waals surface area contributed by atoms with Gasteiger partial charge in [0, 0.05) is 13.0 Å². The van der Waals surface area contributed by atoms with Gasteiger partial charge in [-0.05, 0) is 25.6 Å². The van der Waals surface area contributed by atoms with Crippen molar-refractivity contribution < 1.29 is 9.50 Å². The van der Waals surface area contributed by atoms with Gasteiger partial charge in [0.1, 0.15) is 5.82 Å². The van der Waals surface area contributed by atoms with E-state index in [1.807, 2.05) is 0 Å². The zero-order valence-electron chi connectivity index (χ0n) is 8.85. The van der Waals surface area contributed by atoms with Crippen molar-refractivity contribution in [3.05, 3.63) is 34.6 Å². The topological polar surface area (TPSA) is 32.3 Å². The van der Waals surface area contributed by atoms with Gasteiger partial charge in [0.15, 0.2) is 0 Å². The molecule has 1 rings (SSSR count). The Hall–Kier alpha value is -0.640. The van der Waals surface area contributed by atoms with Crippen molar-refractivity contribution in [3.8, 4) is 0 Å². The standard InChI is InChI=1S/C11H15ClFNO/c1-11(15,7-14-2)6-8-4-3-5-9(12)10(8)13/h3-5,14-15H,6-7H2,1-2H3. The van der Waals surface area contributed by atoms with Crippen molar-refractivity contribution in [2.45, 2.75) is 18.9 Å². The molecule has 2 nitrogen and oxygen atoms in total. The number of hydrogen-bond acceptors (Lipinski definition) is 2. The normalized spacial score (nSPS) is 15.0. The van der Waals surface area contributed by atoms with Crippen molar-refractivity contribution in [1.29, 1.82) is 0 Å². The summed E-state index contributed by atoms with van der Waals surface area (Å²) in [6, 6.07) is 4.80. The fourth-order valence-corrected chi connectivity index (χ4v) is 1.73. The third-order valence-corrected chi connectivity index (χ3v) is 2.45. The molecule has 0 spiro atoms. The van der Waals surface area contributed by atoms with E-state index in [0.29, 0.717) is 12.1 Å². The van der Waals surface area contributed by atoms with Gasteiger partial charge in [-0.1, -0.05) is 23.7 Å². The minimum absolute atomic E-state index is 0.0905. The molecule has 1 aromatic rings. The highest BCUT2D eigenvalue weighted by Gasteiger charge is 2.22. The molecular formula is C11H15ClFNO. The SMILES string of the molecule is CNCC(C)(O)Cc1cccc(Cl)c1F. The first kappa shape index (κ1) is 12.4. The Morgan fingerprint density at radius 2 is 2.20 bits per heavy atom. The Labute approximate surface area is 94.1 Å². The molecule has 15 heavy (non-hydrogen) atoms. The molecule has 1 atom stereocenters. The van der Waals surface area contributed by atoms with E-state index < -0.39 is 11.4 Å². The molecule has 0 amide bonds. The molecule has 0 bridgehead atoms. The molecule has 84 valence electrons. The first-order chi connectivity index (χ1) is 6.96. The van der Waals surface area contributed by atoms with E-state index in [1.54, 1.807) is 26.1 Å². The highest BCUT2D eigenvalue weighted by atomic mass is 35.5. The van der Waals surface area contributed by atoms with Crippen LogP contribution in [0.1, 0.15) is 12.5 Å². The largest absolute Gasteiger partial charge is 0.389 e. The Morgan fingerprint density at radius 1 is 1.53 bits per heavy atom. The number of benzene rings is 1. The number of aliphatic hydroxyl groups is 1. The van der Waals surface area contributed by atoms with Crippen molar-refractivity contribution in [1.82, 2.24) is 5.32 Å². The monoisotopic (exact) mass is 231 g/mol. The highest BCUT2D eigenvalue weighted by molar-refractivity contribution is 6.30. The van der Waals surface area contributed by atoms with Crippen LogP contribution in [0.5, 0.6) is 0 Å². The lowest BCUT2D eigenvalue weighted by Crippen LogP contribution is -2.38. The van der Waals surface area contributed by atoms with E-state index in [2.05, 4.69) is 5.32 Å². The van der Waals surface area contributed by atoms with Gasteiger partial charge in [0.25, 0.3) is 0 Å². The fraction of sp³-hybridized carbons (Fsp3) is 0.455. The molecule has 0 aliphatic rings. The maximum atomic E-state index is 13.5. The van der Waals surface area contributed by atoms with Crippen LogP contribution in [0.4, 0.5) is 4.39 Å². The Morgan fingerprint density at radius 3 is 2.80 bits per heavy atom. The van der Waals surface area contributed by atoms with Crippen LogP contribution in [0.2, 0.25) is 5.02 Å². The summed E-state index contributed by atoms with van der Waals surface area (Å²) < 4.78 is 13.5. The van der Waals surface area contributed by atoms with Gasteiger partial charge < -0.3 is 10.4 Å². The third-order valence-electron chi connectivity index (χ3n) is 2.16. The van der Waals surface area contributed by atoms with E-state index in [-0.39, 0.29) is 11.4 Å². The number of likely N-dealkylation sites (N-methyl/N-ethyl adjacent to an activating group) is 1. The molecule has 0 radical (unpaired) electrons. The molecule has 0 saturated heterocycles. The molecule has 0 aliphatic carbocycles. The molecule has 0 aromatic heterocycles. The Balaban J connectivity index is 2.85. The average molecular weight is 232 g/mol. The molecule has 1 unspecified atom stereocenters.